The summed E-state index contributed by atoms with van der Waals surface area (Å²) >= 11 is 5.97. The number of anilines is 2. The molecule has 0 unspecified atom stereocenters. The third kappa shape index (κ3) is 3.41. The molecule has 2 rings (SSSR count). The lowest BCUT2D eigenvalue weighted by Gasteiger charge is -2.18. The smallest absolute Gasteiger partial charge is 0.276 e. The number of carbonyl (C=O) groups is 1. The molecule has 0 aliphatic heterocycles. The van der Waals surface area contributed by atoms with Gasteiger partial charge in [0.25, 0.3) is 11.5 Å². The molecule has 1 aromatic heterocycles. The second-order valence-corrected chi connectivity index (χ2v) is 5.13. The molecule has 0 aliphatic rings. The molecule has 0 atom stereocenters. The van der Waals surface area contributed by atoms with Crippen LogP contribution in [0.1, 0.15) is 10.5 Å². The average molecular weight is 307 g/mol. The van der Waals surface area contributed by atoms with Gasteiger partial charge in [-0.1, -0.05) is 11.6 Å². The molecule has 7 heteroatoms. The Kier molecular flexibility index (Phi) is 4.28. The normalized spacial score (nSPS) is 10.3. The van der Waals surface area contributed by atoms with Gasteiger partial charge in [0.2, 0.25) is 0 Å². The summed E-state index contributed by atoms with van der Waals surface area (Å²) in [6, 6.07) is 7.91. The van der Waals surface area contributed by atoms with E-state index in [0.29, 0.717) is 10.7 Å². The van der Waals surface area contributed by atoms with E-state index in [0.717, 1.165) is 10.4 Å². The minimum Gasteiger partial charge on any atom is -0.376 e. The quantitative estimate of drug-likeness (QED) is 0.938. The Morgan fingerprint density at radius 3 is 2.62 bits per heavy atom. The van der Waals surface area contributed by atoms with Gasteiger partial charge in [-0.3, -0.25) is 9.59 Å². The van der Waals surface area contributed by atoms with E-state index in [4.69, 9.17) is 11.6 Å². The van der Waals surface area contributed by atoms with Crippen LogP contribution >= 0.6 is 11.6 Å². The zero-order valence-electron chi connectivity index (χ0n) is 11.9. The molecular formula is C14H15ClN4O2. The number of hydrogen-bond acceptors (Lipinski definition) is 4. The van der Waals surface area contributed by atoms with Crippen LogP contribution in [0.3, 0.4) is 0 Å². The molecular weight excluding hydrogens is 292 g/mol. The summed E-state index contributed by atoms with van der Waals surface area (Å²) in [6.07, 6.45) is 0. The van der Waals surface area contributed by atoms with Crippen LogP contribution in [0.4, 0.5) is 11.4 Å². The zero-order chi connectivity index (χ0) is 15.6. The van der Waals surface area contributed by atoms with E-state index in [-0.39, 0.29) is 11.3 Å². The van der Waals surface area contributed by atoms with Gasteiger partial charge < -0.3 is 10.2 Å². The third-order valence-electron chi connectivity index (χ3n) is 2.88. The fourth-order valence-corrected chi connectivity index (χ4v) is 1.98. The number of rotatable bonds is 3. The van der Waals surface area contributed by atoms with E-state index < -0.39 is 5.91 Å². The zero-order valence-corrected chi connectivity index (χ0v) is 12.7. The van der Waals surface area contributed by atoms with Gasteiger partial charge in [0.1, 0.15) is 5.69 Å². The van der Waals surface area contributed by atoms with E-state index in [1.54, 1.807) is 12.1 Å². The van der Waals surface area contributed by atoms with Gasteiger partial charge in [0.05, 0.1) is 11.4 Å². The number of nitrogens with one attached hydrogen (secondary N) is 1. The summed E-state index contributed by atoms with van der Waals surface area (Å²) in [5.41, 5.74) is 1.27. The monoisotopic (exact) mass is 306 g/mol. The Labute approximate surface area is 127 Å². The average Bonchev–Trinajstić information content (AvgIpc) is 2.41. The molecule has 0 bridgehead atoms. The van der Waals surface area contributed by atoms with Crippen molar-refractivity contribution in [2.45, 2.75) is 0 Å². The van der Waals surface area contributed by atoms with Gasteiger partial charge >= 0.3 is 0 Å². The minimum atomic E-state index is -0.407. The van der Waals surface area contributed by atoms with E-state index >= 15 is 0 Å². The lowest BCUT2D eigenvalue weighted by atomic mass is 10.2. The van der Waals surface area contributed by atoms with Crippen molar-refractivity contribution < 1.29 is 4.79 Å². The van der Waals surface area contributed by atoms with Crippen LogP contribution in [0.25, 0.3) is 0 Å². The highest BCUT2D eigenvalue weighted by Gasteiger charge is 2.13. The Bertz CT molecular complexity index is 740. The first-order valence-corrected chi connectivity index (χ1v) is 6.59. The topological polar surface area (TPSA) is 67.2 Å². The summed E-state index contributed by atoms with van der Waals surface area (Å²) in [5, 5.41) is 7.18. The number of halogens is 1. The van der Waals surface area contributed by atoms with Crippen molar-refractivity contribution in [3.05, 3.63) is 51.4 Å². The lowest BCUT2D eigenvalue weighted by Crippen LogP contribution is -2.24. The number of aryl methyl sites for hydroxylation is 1. The van der Waals surface area contributed by atoms with Crippen molar-refractivity contribution in [1.29, 1.82) is 0 Å². The summed E-state index contributed by atoms with van der Waals surface area (Å²) in [6.45, 7) is 0. The number of amides is 1. The Morgan fingerprint density at radius 1 is 1.29 bits per heavy atom. The first-order valence-electron chi connectivity index (χ1n) is 6.21. The first-order chi connectivity index (χ1) is 9.88. The number of nitrogens with zero attached hydrogens (tertiary/aromatic N) is 3. The second kappa shape index (κ2) is 5.97. The highest BCUT2D eigenvalue weighted by Crippen LogP contribution is 2.28. The second-order valence-electron chi connectivity index (χ2n) is 4.69. The van der Waals surface area contributed by atoms with Crippen LogP contribution in [-0.4, -0.2) is 29.8 Å². The number of aromatic nitrogens is 2. The van der Waals surface area contributed by atoms with Gasteiger partial charge in [0, 0.05) is 32.2 Å². The molecule has 1 N–H and O–H groups in total. The molecule has 0 spiro atoms. The maximum atomic E-state index is 12.2. The highest BCUT2D eigenvalue weighted by atomic mass is 35.5. The molecule has 0 fully saturated rings. The summed E-state index contributed by atoms with van der Waals surface area (Å²) in [7, 11) is 5.22. The molecule has 1 heterocycles. The maximum Gasteiger partial charge on any atom is 0.276 e. The van der Waals surface area contributed by atoms with E-state index in [9.17, 15) is 9.59 Å². The van der Waals surface area contributed by atoms with Gasteiger partial charge in [-0.05, 0) is 24.3 Å². The molecule has 1 amide bonds. The lowest BCUT2D eigenvalue weighted by molar-refractivity contribution is 0.102. The largest absolute Gasteiger partial charge is 0.376 e. The van der Waals surface area contributed by atoms with Gasteiger partial charge in [-0.15, -0.1) is 0 Å². The van der Waals surface area contributed by atoms with Crippen molar-refractivity contribution in [3.8, 4) is 0 Å². The van der Waals surface area contributed by atoms with E-state index in [1.807, 2.05) is 25.1 Å². The van der Waals surface area contributed by atoms with Gasteiger partial charge in [0.15, 0.2) is 0 Å². The number of benzene rings is 1. The van der Waals surface area contributed by atoms with Crippen molar-refractivity contribution >= 4 is 28.9 Å². The molecule has 21 heavy (non-hydrogen) atoms. The number of carbonyl (C=O) groups excluding carboxylic acids is 1. The fraction of sp³-hybridized carbons (Fsp3) is 0.214. The van der Waals surface area contributed by atoms with Gasteiger partial charge in [-0.25, -0.2) is 4.68 Å². The predicted octanol–water partition coefficient (Wildman–Crippen LogP) is 1.75. The molecule has 0 aliphatic carbocycles. The van der Waals surface area contributed by atoms with Crippen LogP contribution < -0.4 is 15.8 Å². The predicted molar refractivity (Wildman–Crippen MR) is 83.2 cm³/mol. The molecule has 0 saturated heterocycles. The van der Waals surface area contributed by atoms with E-state index in [2.05, 4.69) is 10.4 Å². The molecule has 1 aromatic carbocycles. The van der Waals surface area contributed by atoms with Crippen molar-refractivity contribution in [2.75, 3.05) is 24.3 Å². The van der Waals surface area contributed by atoms with E-state index in [1.165, 1.54) is 19.2 Å². The minimum absolute atomic E-state index is 0.154. The molecule has 0 radical (unpaired) electrons. The van der Waals surface area contributed by atoms with Crippen LogP contribution in [0, 0.1) is 0 Å². The summed E-state index contributed by atoms with van der Waals surface area (Å²) in [5.74, 6) is -0.407. The fourth-order valence-electron chi connectivity index (χ4n) is 1.81. The number of hydrogen-bond donors (Lipinski definition) is 1. The molecule has 0 saturated carbocycles. The van der Waals surface area contributed by atoms with Crippen LogP contribution in [0.15, 0.2) is 35.1 Å². The van der Waals surface area contributed by atoms with Crippen LogP contribution in [0.5, 0.6) is 0 Å². The standard InChI is InChI=1S/C14H15ClN4O2/c1-18(2)12-6-4-9(15)8-11(12)16-14(21)10-5-7-13(20)19(3)17-10/h4-8H,1-3H3,(H,16,21). The maximum absolute atomic E-state index is 12.2. The first kappa shape index (κ1) is 15.1. The Morgan fingerprint density at radius 2 is 2.00 bits per heavy atom. The summed E-state index contributed by atoms with van der Waals surface area (Å²) < 4.78 is 1.11. The Balaban J connectivity index is 2.33. The molecule has 2 aromatic rings. The van der Waals surface area contributed by atoms with Crippen molar-refractivity contribution in [3.63, 3.8) is 0 Å². The highest BCUT2D eigenvalue weighted by molar-refractivity contribution is 6.31. The van der Waals surface area contributed by atoms with Crippen molar-refractivity contribution in [2.24, 2.45) is 7.05 Å². The van der Waals surface area contributed by atoms with Crippen LogP contribution in [-0.2, 0) is 7.05 Å². The van der Waals surface area contributed by atoms with Gasteiger partial charge in [-0.2, -0.15) is 5.10 Å². The SMILES string of the molecule is CN(C)c1ccc(Cl)cc1NC(=O)c1ccc(=O)n(C)n1. The third-order valence-corrected chi connectivity index (χ3v) is 3.12. The molecule has 110 valence electrons. The molecule has 6 nitrogen and oxygen atoms in total. The Hall–Kier alpha value is -2.34. The van der Waals surface area contributed by atoms with Crippen molar-refractivity contribution in [1.82, 2.24) is 9.78 Å². The van der Waals surface area contributed by atoms with Crippen LogP contribution in [0.2, 0.25) is 5.02 Å². The summed E-state index contributed by atoms with van der Waals surface area (Å²) in [4.78, 5) is 25.4.